The van der Waals surface area contributed by atoms with Crippen LogP contribution in [-0.2, 0) is 11.3 Å². The second-order valence-corrected chi connectivity index (χ2v) is 6.55. The topological polar surface area (TPSA) is 80.4 Å². The maximum absolute atomic E-state index is 12.8. The van der Waals surface area contributed by atoms with E-state index in [2.05, 4.69) is 10.4 Å². The zero-order chi connectivity index (χ0) is 19.4. The van der Waals surface area contributed by atoms with Crippen LogP contribution in [-0.4, -0.2) is 33.5 Å². The Morgan fingerprint density at radius 1 is 1.19 bits per heavy atom. The van der Waals surface area contributed by atoms with Crippen molar-refractivity contribution in [3.63, 3.8) is 0 Å². The average molecular weight is 366 g/mol. The summed E-state index contributed by atoms with van der Waals surface area (Å²) in [6.45, 7) is 3.95. The first kappa shape index (κ1) is 18.4. The van der Waals surface area contributed by atoms with Gasteiger partial charge < -0.3 is 14.6 Å². The van der Waals surface area contributed by atoms with Crippen molar-refractivity contribution in [1.29, 1.82) is 0 Å². The van der Waals surface area contributed by atoms with Gasteiger partial charge in [-0.15, -0.1) is 0 Å². The molecule has 0 aliphatic carbocycles. The van der Waals surface area contributed by atoms with Gasteiger partial charge in [-0.1, -0.05) is 32.0 Å². The first-order valence-electron chi connectivity index (χ1n) is 8.70. The SMILES string of the molecule is CC(C)C(=O)Nc1cc(C(=O)N(C)Cc2ccco2)nn1-c1ccccc1. The Balaban J connectivity index is 1.90. The van der Waals surface area contributed by atoms with E-state index < -0.39 is 0 Å². The Kier molecular flexibility index (Phi) is 5.40. The van der Waals surface area contributed by atoms with Crippen LogP contribution < -0.4 is 5.32 Å². The highest BCUT2D eigenvalue weighted by atomic mass is 16.3. The quantitative estimate of drug-likeness (QED) is 0.726. The second-order valence-electron chi connectivity index (χ2n) is 6.55. The molecule has 0 saturated carbocycles. The standard InChI is InChI=1S/C20H22N4O3/c1-14(2)19(25)21-18-12-17(22-24(18)15-8-5-4-6-9-15)20(26)23(3)13-16-10-7-11-27-16/h4-12,14H,13H2,1-3H3,(H,21,25). The molecular formula is C20H22N4O3. The number of para-hydroxylation sites is 1. The van der Waals surface area contributed by atoms with Gasteiger partial charge in [0.2, 0.25) is 5.91 Å². The lowest BCUT2D eigenvalue weighted by molar-refractivity contribution is -0.118. The number of anilines is 1. The molecule has 0 radical (unpaired) electrons. The smallest absolute Gasteiger partial charge is 0.274 e. The number of nitrogens with one attached hydrogen (secondary N) is 1. The largest absolute Gasteiger partial charge is 0.467 e. The van der Waals surface area contributed by atoms with Gasteiger partial charge in [-0.25, -0.2) is 4.68 Å². The average Bonchev–Trinajstić information content (AvgIpc) is 3.31. The van der Waals surface area contributed by atoms with E-state index in [4.69, 9.17) is 4.42 Å². The molecule has 1 N–H and O–H groups in total. The molecule has 3 aromatic rings. The fourth-order valence-electron chi connectivity index (χ4n) is 2.51. The number of carbonyl (C=O) groups excluding carboxylic acids is 2. The number of hydrogen-bond acceptors (Lipinski definition) is 4. The summed E-state index contributed by atoms with van der Waals surface area (Å²) in [5.74, 6) is 0.539. The molecular weight excluding hydrogens is 344 g/mol. The van der Waals surface area contributed by atoms with Crippen LogP contribution in [0.1, 0.15) is 30.1 Å². The number of amides is 2. The molecule has 0 fully saturated rings. The van der Waals surface area contributed by atoms with E-state index in [-0.39, 0.29) is 23.4 Å². The fraction of sp³-hybridized carbons (Fsp3) is 0.250. The molecule has 1 aromatic carbocycles. The summed E-state index contributed by atoms with van der Waals surface area (Å²) < 4.78 is 6.85. The Bertz CT molecular complexity index is 914. The molecule has 140 valence electrons. The van der Waals surface area contributed by atoms with Crippen LogP contribution in [0.3, 0.4) is 0 Å². The van der Waals surface area contributed by atoms with Crippen LogP contribution >= 0.6 is 0 Å². The Morgan fingerprint density at radius 2 is 1.93 bits per heavy atom. The van der Waals surface area contributed by atoms with Crippen molar-refractivity contribution in [1.82, 2.24) is 14.7 Å². The molecule has 7 heteroatoms. The van der Waals surface area contributed by atoms with Crippen LogP contribution in [0.5, 0.6) is 0 Å². The first-order valence-corrected chi connectivity index (χ1v) is 8.70. The molecule has 2 heterocycles. The third-order valence-corrected chi connectivity index (χ3v) is 4.02. The van der Waals surface area contributed by atoms with Crippen LogP contribution in [0.2, 0.25) is 0 Å². The summed E-state index contributed by atoms with van der Waals surface area (Å²) in [7, 11) is 1.68. The lowest BCUT2D eigenvalue weighted by Crippen LogP contribution is -2.26. The molecule has 2 aromatic heterocycles. The summed E-state index contributed by atoms with van der Waals surface area (Å²) >= 11 is 0. The van der Waals surface area contributed by atoms with Crippen LogP contribution in [0.25, 0.3) is 5.69 Å². The monoisotopic (exact) mass is 366 g/mol. The molecule has 0 spiro atoms. The van der Waals surface area contributed by atoms with Crippen LogP contribution in [0, 0.1) is 5.92 Å². The number of aromatic nitrogens is 2. The number of benzene rings is 1. The van der Waals surface area contributed by atoms with Crippen molar-refractivity contribution in [2.45, 2.75) is 20.4 Å². The van der Waals surface area contributed by atoms with Crippen molar-refractivity contribution >= 4 is 17.6 Å². The maximum Gasteiger partial charge on any atom is 0.274 e. The van der Waals surface area contributed by atoms with E-state index >= 15 is 0 Å². The minimum absolute atomic E-state index is 0.143. The highest BCUT2D eigenvalue weighted by molar-refractivity contribution is 5.96. The van der Waals surface area contributed by atoms with Gasteiger partial charge >= 0.3 is 0 Å². The normalized spacial score (nSPS) is 10.8. The molecule has 0 aliphatic heterocycles. The minimum Gasteiger partial charge on any atom is -0.467 e. The van der Waals surface area contributed by atoms with Crippen molar-refractivity contribution in [3.05, 3.63) is 66.2 Å². The molecule has 0 bridgehead atoms. The van der Waals surface area contributed by atoms with Crippen LogP contribution in [0.4, 0.5) is 5.82 Å². The summed E-state index contributed by atoms with van der Waals surface area (Å²) in [4.78, 5) is 26.5. The van der Waals surface area contributed by atoms with Gasteiger partial charge in [-0.2, -0.15) is 5.10 Å². The summed E-state index contributed by atoms with van der Waals surface area (Å²) in [6.07, 6.45) is 1.57. The van der Waals surface area contributed by atoms with Crippen LogP contribution in [0.15, 0.2) is 59.2 Å². The molecule has 0 unspecified atom stereocenters. The lowest BCUT2D eigenvalue weighted by Gasteiger charge is -2.13. The molecule has 2 amide bonds. The zero-order valence-corrected chi connectivity index (χ0v) is 15.5. The first-order chi connectivity index (χ1) is 13.0. The minimum atomic E-state index is -0.263. The fourth-order valence-corrected chi connectivity index (χ4v) is 2.51. The molecule has 27 heavy (non-hydrogen) atoms. The van der Waals surface area contributed by atoms with E-state index in [9.17, 15) is 9.59 Å². The van der Waals surface area contributed by atoms with Gasteiger partial charge in [0, 0.05) is 19.0 Å². The lowest BCUT2D eigenvalue weighted by atomic mass is 10.2. The van der Waals surface area contributed by atoms with E-state index in [0.29, 0.717) is 18.1 Å². The zero-order valence-electron chi connectivity index (χ0n) is 15.5. The molecule has 7 nitrogen and oxygen atoms in total. The maximum atomic E-state index is 12.8. The summed E-state index contributed by atoms with van der Waals surface area (Å²) in [5, 5.41) is 7.26. The Labute approximate surface area is 157 Å². The number of hydrogen-bond donors (Lipinski definition) is 1. The third kappa shape index (κ3) is 4.25. The number of rotatable bonds is 6. The highest BCUT2D eigenvalue weighted by Crippen LogP contribution is 2.19. The molecule has 0 atom stereocenters. The van der Waals surface area contributed by atoms with Crippen molar-refractivity contribution in [2.24, 2.45) is 5.92 Å². The predicted molar refractivity (Wildman–Crippen MR) is 102 cm³/mol. The van der Waals surface area contributed by atoms with E-state index in [1.807, 2.05) is 44.2 Å². The number of furan rings is 1. The summed E-state index contributed by atoms with van der Waals surface area (Å²) in [5.41, 5.74) is 0.997. The predicted octanol–water partition coefficient (Wildman–Crippen LogP) is 3.33. The third-order valence-electron chi connectivity index (χ3n) is 4.02. The number of nitrogens with zero attached hydrogens (tertiary/aromatic N) is 3. The molecule has 3 rings (SSSR count). The van der Waals surface area contributed by atoms with Gasteiger partial charge in [0.25, 0.3) is 5.91 Å². The van der Waals surface area contributed by atoms with Gasteiger partial charge in [-0.05, 0) is 24.3 Å². The van der Waals surface area contributed by atoms with Crippen molar-refractivity contribution in [3.8, 4) is 5.69 Å². The second kappa shape index (κ2) is 7.90. The van der Waals surface area contributed by atoms with E-state index in [1.54, 1.807) is 36.2 Å². The van der Waals surface area contributed by atoms with Gasteiger partial charge in [0.05, 0.1) is 18.5 Å². The number of carbonyl (C=O) groups is 2. The van der Waals surface area contributed by atoms with Crippen molar-refractivity contribution < 1.29 is 14.0 Å². The highest BCUT2D eigenvalue weighted by Gasteiger charge is 2.21. The van der Waals surface area contributed by atoms with Gasteiger partial charge in [0.15, 0.2) is 5.69 Å². The Morgan fingerprint density at radius 3 is 2.56 bits per heavy atom. The Hall–Kier alpha value is -3.35. The molecule has 0 saturated heterocycles. The summed E-state index contributed by atoms with van der Waals surface area (Å²) in [6, 6.07) is 14.5. The van der Waals surface area contributed by atoms with Crippen molar-refractivity contribution in [2.75, 3.05) is 12.4 Å². The van der Waals surface area contributed by atoms with Gasteiger partial charge in [0.1, 0.15) is 11.6 Å². The van der Waals surface area contributed by atoms with Gasteiger partial charge in [-0.3, -0.25) is 9.59 Å². The van der Waals surface area contributed by atoms with E-state index in [0.717, 1.165) is 5.69 Å². The molecule has 0 aliphatic rings. The van der Waals surface area contributed by atoms with E-state index in [1.165, 1.54) is 4.90 Å².